The van der Waals surface area contributed by atoms with Gasteiger partial charge in [-0.2, -0.15) is 0 Å². The van der Waals surface area contributed by atoms with Crippen molar-refractivity contribution in [2.24, 2.45) is 0 Å². The third-order valence-corrected chi connectivity index (χ3v) is 4.48. The molecule has 168 valence electrons. The van der Waals surface area contributed by atoms with E-state index in [1.54, 1.807) is 24.3 Å². The molecular weight excluding hydrogens is 432 g/mol. The van der Waals surface area contributed by atoms with E-state index < -0.39 is 22.8 Å². The molecule has 1 amide bonds. The predicted octanol–water partition coefficient (Wildman–Crippen LogP) is 4.21. The zero-order valence-corrected chi connectivity index (χ0v) is 17.6. The summed E-state index contributed by atoms with van der Waals surface area (Å²) in [6.45, 7) is 0. The Labute approximate surface area is 187 Å². The van der Waals surface area contributed by atoms with Gasteiger partial charge in [0.05, 0.1) is 30.4 Å². The molecule has 3 aromatic carbocycles. The fraction of sp³-hybridized carbons (Fsp3) is 0.0870. The number of para-hydroxylation sites is 2. The van der Waals surface area contributed by atoms with Crippen LogP contribution in [0, 0.1) is 10.1 Å². The molecule has 1 N–H and O–H groups in total. The van der Waals surface area contributed by atoms with Crippen molar-refractivity contribution in [1.82, 2.24) is 0 Å². The van der Waals surface area contributed by atoms with Gasteiger partial charge in [-0.25, -0.2) is 9.59 Å². The summed E-state index contributed by atoms with van der Waals surface area (Å²) in [5, 5.41) is 13.6. The van der Waals surface area contributed by atoms with E-state index >= 15 is 0 Å². The molecule has 0 saturated heterocycles. The van der Waals surface area contributed by atoms with Crippen molar-refractivity contribution in [2.45, 2.75) is 0 Å². The smallest absolute Gasteiger partial charge is 0.341 e. The SMILES string of the molecule is COC(=O)c1ccc(Oc2ccccc2NC(=O)c2cccc([N+](=O)[O-])c2)c(C(=O)OC)c1. The molecule has 10 nitrogen and oxygen atoms in total. The van der Waals surface area contributed by atoms with Crippen molar-refractivity contribution < 1.29 is 33.5 Å². The molecule has 3 aromatic rings. The summed E-state index contributed by atoms with van der Waals surface area (Å²) in [6.07, 6.45) is 0. The third kappa shape index (κ3) is 5.31. The van der Waals surface area contributed by atoms with Crippen molar-refractivity contribution in [3.63, 3.8) is 0 Å². The van der Waals surface area contributed by atoms with Crippen molar-refractivity contribution in [2.75, 3.05) is 19.5 Å². The van der Waals surface area contributed by atoms with Gasteiger partial charge in [0.1, 0.15) is 11.3 Å². The number of hydrogen-bond acceptors (Lipinski definition) is 8. The maximum atomic E-state index is 12.7. The Morgan fingerprint density at radius 2 is 1.55 bits per heavy atom. The van der Waals surface area contributed by atoms with E-state index in [2.05, 4.69) is 10.1 Å². The molecule has 0 fully saturated rings. The molecule has 3 rings (SSSR count). The Balaban J connectivity index is 1.92. The lowest BCUT2D eigenvalue weighted by atomic mass is 10.1. The van der Waals surface area contributed by atoms with E-state index in [1.165, 1.54) is 50.6 Å². The lowest BCUT2D eigenvalue weighted by Gasteiger charge is -2.15. The number of hydrogen-bond donors (Lipinski definition) is 1. The molecule has 0 saturated carbocycles. The highest BCUT2D eigenvalue weighted by molar-refractivity contribution is 6.05. The van der Waals surface area contributed by atoms with Gasteiger partial charge < -0.3 is 19.5 Å². The van der Waals surface area contributed by atoms with E-state index in [0.717, 1.165) is 6.07 Å². The summed E-state index contributed by atoms with van der Waals surface area (Å²) < 4.78 is 15.3. The second kappa shape index (κ2) is 10.1. The Hall–Kier alpha value is -4.73. The molecule has 0 aromatic heterocycles. The number of rotatable bonds is 7. The van der Waals surface area contributed by atoms with Gasteiger partial charge in [0, 0.05) is 17.7 Å². The van der Waals surface area contributed by atoms with Gasteiger partial charge in [-0.3, -0.25) is 14.9 Å². The highest BCUT2D eigenvalue weighted by Gasteiger charge is 2.19. The molecule has 0 atom stereocenters. The standard InChI is InChI=1S/C23H18N2O8/c1-31-22(27)15-10-11-19(17(13-15)23(28)32-2)33-20-9-4-3-8-18(20)24-21(26)14-6-5-7-16(12-14)25(29)30/h3-13H,1-2H3,(H,24,26). The number of carbonyl (C=O) groups excluding carboxylic acids is 3. The van der Waals surface area contributed by atoms with E-state index in [0.29, 0.717) is 0 Å². The minimum absolute atomic E-state index is 0.0276. The molecule has 0 aliphatic carbocycles. The van der Waals surface area contributed by atoms with Crippen molar-refractivity contribution in [3.8, 4) is 11.5 Å². The van der Waals surface area contributed by atoms with Gasteiger partial charge >= 0.3 is 11.9 Å². The monoisotopic (exact) mass is 450 g/mol. The summed E-state index contributed by atoms with van der Waals surface area (Å²) in [7, 11) is 2.40. The maximum absolute atomic E-state index is 12.7. The first-order valence-corrected chi connectivity index (χ1v) is 9.47. The fourth-order valence-electron chi connectivity index (χ4n) is 2.87. The average molecular weight is 450 g/mol. The molecule has 0 unspecified atom stereocenters. The zero-order chi connectivity index (χ0) is 24.0. The predicted molar refractivity (Wildman–Crippen MR) is 117 cm³/mol. The van der Waals surface area contributed by atoms with Crippen LogP contribution in [0.4, 0.5) is 11.4 Å². The van der Waals surface area contributed by atoms with Crippen LogP contribution in [0.3, 0.4) is 0 Å². The van der Waals surface area contributed by atoms with Gasteiger partial charge in [-0.15, -0.1) is 0 Å². The third-order valence-electron chi connectivity index (χ3n) is 4.48. The van der Waals surface area contributed by atoms with Crippen LogP contribution in [0.25, 0.3) is 0 Å². The molecule has 0 heterocycles. The largest absolute Gasteiger partial charge is 0.465 e. The number of nitrogens with zero attached hydrogens (tertiary/aromatic N) is 1. The summed E-state index contributed by atoms with van der Waals surface area (Å²) >= 11 is 0. The Morgan fingerprint density at radius 1 is 0.818 bits per heavy atom. The first-order valence-electron chi connectivity index (χ1n) is 9.47. The Morgan fingerprint density at radius 3 is 2.24 bits per heavy atom. The van der Waals surface area contributed by atoms with Crippen molar-refractivity contribution in [1.29, 1.82) is 0 Å². The molecule has 0 aliphatic rings. The molecule has 0 spiro atoms. The van der Waals surface area contributed by atoms with E-state index in [4.69, 9.17) is 9.47 Å². The number of nitrogens with one attached hydrogen (secondary N) is 1. The number of ether oxygens (including phenoxy) is 3. The highest BCUT2D eigenvalue weighted by Crippen LogP contribution is 2.33. The van der Waals surface area contributed by atoms with Crippen molar-refractivity contribution >= 4 is 29.2 Å². The molecular formula is C23H18N2O8. The summed E-state index contributed by atoms with van der Waals surface area (Å²) in [6, 6.07) is 15.8. The fourth-order valence-corrected chi connectivity index (χ4v) is 2.87. The number of esters is 2. The van der Waals surface area contributed by atoms with Crippen molar-refractivity contribution in [3.05, 3.63) is 93.5 Å². The van der Waals surface area contributed by atoms with E-state index in [1.807, 2.05) is 0 Å². The first kappa shape index (κ1) is 22.9. The Kier molecular flexibility index (Phi) is 6.99. The Bertz CT molecular complexity index is 1240. The highest BCUT2D eigenvalue weighted by atomic mass is 16.6. The topological polar surface area (TPSA) is 134 Å². The summed E-state index contributed by atoms with van der Waals surface area (Å²) in [4.78, 5) is 47.1. The number of anilines is 1. The minimum Gasteiger partial charge on any atom is -0.465 e. The number of methoxy groups -OCH3 is 2. The number of benzene rings is 3. The average Bonchev–Trinajstić information content (AvgIpc) is 2.84. The van der Waals surface area contributed by atoms with Gasteiger partial charge in [-0.05, 0) is 36.4 Å². The lowest BCUT2D eigenvalue weighted by molar-refractivity contribution is -0.384. The van der Waals surface area contributed by atoms with Gasteiger partial charge in [0.15, 0.2) is 5.75 Å². The number of nitro groups is 1. The van der Waals surface area contributed by atoms with Gasteiger partial charge in [0.25, 0.3) is 11.6 Å². The van der Waals surface area contributed by atoms with Crippen LogP contribution in [0.5, 0.6) is 11.5 Å². The number of non-ortho nitro benzene ring substituents is 1. The quantitative estimate of drug-likeness (QED) is 0.321. The molecule has 10 heteroatoms. The van der Waals surface area contributed by atoms with Gasteiger partial charge in [0.2, 0.25) is 0 Å². The van der Waals surface area contributed by atoms with E-state index in [-0.39, 0.29) is 39.6 Å². The second-order valence-corrected chi connectivity index (χ2v) is 6.55. The zero-order valence-electron chi connectivity index (χ0n) is 17.6. The number of carbonyl (C=O) groups is 3. The molecule has 0 bridgehead atoms. The van der Waals surface area contributed by atoms with Crippen LogP contribution < -0.4 is 10.1 Å². The van der Waals surface area contributed by atoms with Crippen LogP contribution in [-0.4, -0.2) is 37.0 Å². The second-order valence-electron chi connectivity index (χ2n) is 6.55. The van der Waals surface area contributed by atoms with Crippen LogP contribution in [-0.2, 0) is 9.47 Å². The molecule has 0 radical (unpaired) electrons. The number of amides is 1. The van der Waals surface area contributed by atoms with Crippen LogP contribution in [0.2, 0.25) is 0 Å². The molecule has 33 heavy (non-hydrogen) atoms. The summed E-state index contributed by atoms with van der Waals surface area (Å²) in [5.41, 5.74) is 0.205. The van der Waals surface area contributed by atoms with Gasteiger partial charge in [-0.1, -0.05) is 18.2 Å². The lowest BCUT2D eigenvalue weighted by Crippen LogP contribution is -2.13. The maximum Gasteiger partial charge on any atom is 0.341 e. The van der Waals surface area contributed by atoms with Crippen LogP contribution in [0.1, 0.15) is 31.1 Å². The first-order chi connectivity index (χ1) is 15.8. The normalized spacial score (nSPS) is 10.1. The van der Waals surface area contributed by atoms with E-state index in [9.17, 15) is 24.5 Å². The minimum atomic E-state index is -0.742. The summed E-state index contributed by atoms with van der Waals surface area (Å²) in [5.74, 6) is -1.71. The van der Waals surface area contributed by atoms with Crippen LogP contribution in [0.15, 0.2) is 66.7 Å². The van der Waals surface area contributed by atoms with Crippen LogP contribution >= 0.6 is 0 Å². The molecule has 0 aliphatic heterocycles. The number of nitro benzene ring substituents is 1.